The number of nitro groups is 1. The average molecular weight is 312 g/mol. The van der Waals surface area contributed by atoms with Crippen LogP contribution in [0.2, 0.25) is 0 Å². The summed E-state index contributed by atoms with van der Waals surface area (Å²) >= 11 is 3.19. The molecule has 0 unspecified atom stereocenters. The molecule has 0 saturated heterocycles. The van der Waals surface area contributed by atoms with Gasteiger partial charge in [0.25, 0.3) is 0 Å². The number of benzene rings is 1. The standard InChI is InChI=1S/C11H10BrN3O3/c1-2-14-7-9(6-13-14)18-11-4-3-8(12)5-10(11)15(16)17/h3-7H,2H2,1H3. The summed E-state index contributed by atoms with van der Waals surface area (Å²) in [7, 11) is 0. The molecule has 18 heavy (non-hydrogen) atoms. The van der Waals surface area contributed by atoms with Crippen molar-refractivity contribution < 1.29 is 9.66 Å². The van der Waals surface area contributed by atoms with Crippen LogP contribution in [0.1, 0.15) is 6.92 Å². The Morgan fingerprint density at radius 3 is 2.94 bits per heavy atom. The van der Waals surface area contributed by atoms with Crippen molar-refractivity contribution in [1.82, 2.24) is 9.78 Å². The summed E-state index contributed by atoms with van der Waals surface area (Å²) in [5.74, 6) is 0.668. The van der Waals surface area contributed by atoms with E-state index in [4.69, 9.17) is 4.74 Å². The normalized spacial score (nSPS) is 10.3. The highest BCUT2D eigenvalue weighted by Gasteiger charge is 2.16. The fraction of sp³-hybridized carbons (Fsp3) is 0.182. The average Bonchev–Trinajstić information content (AvgIpc) is 2.79. The highest BCUT2D eigenvalue weighted by atomic mass is 79.9. The number of aromatic nitrogens is 2. The Balaban J connectivity index is 2.30. The van der Waals surface area contributed by atoms with Crippen LogP contribution in [0, 0.1) is 10.1 Å². The maximum absolute atomic E-state index is 10.9. The van der Waals surface area contributed by atoms with Crippen LogP contribution in [0.15, 0.2) is 35.1 Å². The number of rotatable bonds is 4. The highest BCUT2D eigenvalue weighted by Crippen LogP contribution is 2.33. The van der Waals surface area contributed by atoms with Gasteiger partial charge in [0.15, 0.2) is 5.75 Å². The predicted molar refractivity (Wildman–Crippen MR) is 68.8 cm³/mol. The zero-order valence-electron chi connectivity index (χ0n) is 9.54. The second-order valence-corrected chi connectivity index (χ2v) is 4.42. The summed E-state index contributed by atoms with van der Waals surface area (Å²) in [5, 5.41) is 14.9. The van der Waals surface area contributed by atoms with Gasteiger partial charge < -0.3 is 4.74 Å². The molecule has 0 radical (unpaired) electrons. The molecule has 94 valence electrons. The Morgan fingerprint density at radius 1 is 1.56 bits per heavy atom. The molecular weight excluding hydrogens is 302 g/mol. The third kappa shape index (κ3) is 2.67. The fourth-order valence-corrected chi connectivity index (χ4v) is 1.77. The maximum Gasteiger partial charge on any atom is 0.312 e. The van der Waals surface area contributed by atoms with E-state index >= 15 is 0 Å². The molecule has 0 aliphatic rings. The first kappa shape index (κ1) is 12.6. The molecule has 0 aliphatic carbocycles. The molecule has 0 saturated carbocycles. The minimum atomic E-state index is -0.482. The predicted octanol–water partition coefficient (Wildman–Crippen LogP) is 3.37. The second kappa shape index (κ2) is 5.18. The highest BCUT2D eigenvalue weighted by molar-refractivity contribution is 9.10. The molecule has 0 fully saturated rings. The van der Waals surface area contributed by atoms with Gasteiger partial charge >= 0.3 is 5.69 Å². The maximum atomic E-state index is 10.9. The van der Waals surface area contributed by atoms with Crippen molar-refractivity contribution in [2.45, 2.75) is 13.5 Å². The lowest BCUT2D eigenvalue weighted by Crippen LogP contribution is -1.93. The number of halogens is 1. The molecule has 0 N–H and O–H groups in total. The van der Waals surface area contributed by atoms with Crippen molar-refractivity contribution in [1.29, 1.82) is 0 Å². The lowest BCUT2D eigenvalue weighted by Gasteiger charge is -2.03. The summed E-state index contributed by atoms with van der Waals surface area (Å²) in [5.41, 5.74) is -0.0892. The first-order chi connectivity index (χ1) is 8.60. The van der Waals surface area contributed by atoms with Gasteiger partial charge in [-0.05, 0) is 19.1 Å². The SMILES string of the molecule is CCn1cc(Oc2ccc(Br)cc2[N+](=O)[O-])cn1. The minimum Gasteiger partial charge on any atom is -0.447 e. The van der Waals surface area contributed by atoms with E-state index in [1.165, 1.54) is 12.3 Å². The third-order valence-electron chi connectivity index (χ3n) is 2.28. The van der Waals surface area contributed by atoms with Crippen molar-refractivity contribution >= 4 is 21.6 Å². The largest absolute Gasteiger partial charge is 0.447 e. The van der Waals surface area contributed by atoms with Crippen LogP contribution >= 0.6 is 15.9 Å². The van der Waals surface area contributed by atoms with Gasteiger partial charge in [0.2, 0.25) is 5.75 Å². The Kier molecular flexibility index (Phi) is 3.61. The molecule has 0 bridgehead atoms. The molecule has 6 nitrogen and oxygen atoms in total. The monoisotopic (exact) mass is 311 g/mol. The van der Waals surface area contributed by atoms with Crippen molar-refractivity contribution in [3.63, 3.8) is 0 Å². The second-order valence-electron chi connectivity index (χ2n) is 3.50. The van der Waals surface area contributed by atoms with E-state index in [2.05, 4.69) is 21.0 Å². The van der Waals surface area contributed by atoms with Crippen LogP contribution in [0.4, 0.5) is 5.69 Å². The summed E-state index contributed by atoms with van der Waals surface area (Å²) in [6.45, 7) is 2.66. The van der Waals surface area contributed by atoms with E-state index in [1.807, 2.05) is 6.92 Å². The van der Waals surface area contributed by atoms with Gasteiger partial charge in [0.05, 0.1) is 17.3 Å². The van der Waals surface area contributed by atoms with Gasteiger partial charge in [0.1, 0.15) is 0 Å². The lowest BCUT2D eigenvalue weighted by atomic mass is 10.3. The van der Waals surface area contributed by atoms with E-state index in [9.17, 15) is 10.1 Å². The molecule has 1 aromatic heterocycles. The number of aryl methyl sites for hydroxylation is 1. The van der Waals surface area contributed by atoms with Crippen LogP contribution < -0.4 is 4.74 Å². The van der Waals surface area contributed by atoms with E-state index in [1.54, 1.807) is 23.0 Å². The number of nitrogens with zero attached hydrogens (tertiary/aromatic N) is 3. The molecule has 0 atom stereocenters. The zero-order valence-corrected chi connectivity index (χ0v) is 11.1. The smallest absolute Gasteiger partial charge is 0.312 e. The Bertz CT molecular complexity index is 583. The molecule has 2 rings (SSSR count). The first-order valence-electron chi connectivity index (χ1n) is 5.24. The van der Waals surface area contributed by atoms with Gasteiger partial charge in [-0.25, -0.2) is 0 Å². The quantitative estimate of drug-likeness (QED) is 0.641. The molecule has 1 heterocycles. The lowest BCUT2D eigenvalue weighted by molar-refractivity contribution is -0.385. The summed E-state index contributed by atoms with van der Waals surface area (Å²) in [6.07, 6.45) is 3.21. The summed E-state index contributed by atoms with van der Waals surface area (Å²) in [4.78, 5) is 10.4. The summed E-state index contributed by atoms with van der Waals surface area (Å²) < 4.78 is 7.77. The third-order valence-corrected chi connectivity index (χ3v) is 2.77. The van der Waals surface area contributed by atoms with Crippen LogP contribution in [0.25, 0.3) is 0 Å². The first-order valence-corrected chi connectivity index (χ1v) is 6.03. The van der Waals surface area contributed by atoms with Crippen molar-refractivity contribution in [2.24, 2.45) is 0 Å². The van der Waals surface area contributed by atoms with Crippen molar-refractivity contribution in [2.75, 3.05) is 0 Å². The van der Waals surface area contributed by atoms with Crippen LogP contribution in [0.5, 0.6) is 11.5 Å². The van der Waals surface area contributed by atoms with Gasteiger partial charge in [-0.1, -0.05) is 15.9 Å². The van der Waals surface area contributed by atoms with E-state index in [-0.39, 0.29) is 11.4 Å². The van der Waals surface area contributed by atoms with Gasteiger partial charge in [0, 0.05) is 17.1 Å². The summed E-state index contributed by atoms with van der Waals surface area (Å²) in [6, 6.07) is 4.64. The topological polar surface area (TPSA) is 70.2 Å². The van der Waals surface area contributed by atoms with E-state index < -0.39 is 4.92 Å². The molecule has 2 aromatic rings. The fourth-order valence-electron chi connectivity index (χ4n) is 1.42. The molecule has 0 amide bonds. The van der Waals surface area contributed by atoms with Gasteiger partial charge in [-0.15, -0.1) is 0 Å². The van der Waals surface area contributed by atoms with Crippen LogP contribution in [-0.2, 0) is 6.54 Å². The van der Waals surface area contributed by atoms with Gasteiger partial charge in [-0.2, -0.15) is 5.10 Å². The molecule has 0 spiro atoms. The minimum absolute atomic E-state index is 0.0892. The number of hydrogen-bond acceptors (Lipinski definition) is 4. The number of ether oxygens (including phenoxy) is 1. The molecule has 1 aromatic carbocycles. The van der Waals surface area contributed by atoms with E-state index in [0.29, 0.717) is 16.8 Å². The number of nitro benzene ring substituents is 1. The van der Waals surface area contributed by atoms with Gasteiger partial charge in [-0.3, -0.25) is 14.8 Å². The molecular formula is C11H10BrN3O3. The zero-order chi connectivity index (χ0) is 13.1. The van der Waals surface area contributed by atoms with Crippen LogP contribution in [0.3, 0.4) is 0 Å². The van der Waals surface area contributed by atoms with Crippen molar-refractivity contribution in [3.05, 3.63) is 45.2 Å². The van der Waals surface area contributed by atoms with E-state index in [0.717, 1.165) is 0 Å². The molecule has 0 aliphatic heterocycles. The van der Waals surface area contributed by atoms with Crippen LogP contribution in [-0.4, -0.2) is 14.7 Å². The molecule has 7 heteroatoms. The Labute approximate surface area is 111 Å². The van der Waals surface area contributed by atoms with Crippen molar-refractivity contribution in [3.8, 4) is 11.5 Å². The number of hydrogen-bond donors (Lipinski definition) is 0. The Hall–Kier alpha value is -1.89. The Morgan fingerprint density at radius 2 is 2.33 bits per heavy atom.